The summed E-state index contributed by atoms with van der Waals surface area (Å²) < 4.78 is 119. The van der Waals surface area contributed by atoms with Crippen molar-refractivity contribution < 1.29 is 54.4 Å². The van der Waals surface area contributed by atoms with Crippen LogP contribution in [0, 0.1) is 28.9 Å². The summed E-state index contributed by atoms with van der Waals surface area (Å²) >= 11 is 0. The van der Waals surface area contributed by atoms with E-state index in [1.807, 2.05) is 0 Å². The molecule has 5 rings (SSSR count). The number of rotatable bonds is 7. The minimum atomic E-state index is -5.35. The van der Waals surface area contributed by atoms with E-state index < -0.39 is 47.5 Å². The smallest absolute Gasteiger partial charge is 0.432 e. The van der Waals surface area contributed by atoms with Crippen molar-refractivity contribution in [3.63, 3.8) is 0 Å². The Morgan fingerprint density at radius 1 is 0.882 bits per heavy atom. The highest BCUT2D eigenvalue weighted by atomic mass is 19.4. The predicted molar refractivity (Wildman–Crippen MR) is 102 cm³/mol. The van der Waals surface area contributed by atoms with E-state index in [2.05, 4.69) is 16.4 Å². The molecule has 192 valence electrons. The minimum Gasteiger partial charge on any atom is -0.432 e. The fraction of sp³-hybridized carbons (Fsp3) is 0.727. The van der Waals surface area contributed by atoms with E-state index in [1.165, 1.54) is 0 Å². The number of hydrogen-bond acceptors (Lipinski definition) is 5. The van der Waals surface area contributed by atoms with Gasteiger partial charge in [0.15, 0.2) is 11.6 Å². The quantitative estimate of drug-likeness (QED) is 0.418. The first-order chi connectivity index (χ1) is 15.9. The number of ether oxygens (including phenoxy) is 5. The van der Waals surface area contributed by atoms with Crippen LogP contribution in [0.25, 0.3) is 0 Å². The molecule has 0 spiro atoms. The third kappa shape index (κ3) is 5.08. The van der Waals surface area contributed by atoms with E-state index in [-0.39, 0.29) is 49.1 Å². The molecule has 4 fully saturated rings. The first-order valence-corrected chi connectivity index (χ1v) is 11.1. The third-order valence-corrected chi connectivity index (χ3v) is 6.66. The monoisotopic (exact) mass is 502 g/mol. The number of alkyl halides is 5. The Hall–Kier alpha value is -1.79. The van der Waals surface area contributed by atoms with E-state index >= 15 is 0 Å². The molecule has 0 unspecified atom stereocenters. The predicted octanol–water partition coefficient (Wildman–Crippen LogP) is 6.16. The largest absolute Gasteiger partial charge is 0.573 e. The van der Waals surface area contributed by atoms with Gasteiger partial charge in [0.1, 0.15) is 5.75 Å². The maximum absolute atomic E-state index is 14.7. The van der Waals surface area contributed by atoms with Crippen LogP contribution in [0.3, 0.4) is 0 Å². The summed E-state index contributed by atoms with van der Waals surface area (Å²) in [6.45, 7) is 3.49. The van der Waals surface area contributed by atoms with Crippen LogP contribution < -0.4 is 9.47 Å². The van der Waals surface area contributed by atoms with Crippen LogP contribution in [0.5, 0.6) is 11.5 Å². The molecule has 1 saturated carbocycles. The van der Waals surface area contributed by atoms with Crippen LogP contribution in [0.15, 0.2) is 12.1 Å². The molecule has 1 aromatic carbocycles. The van der Waals surface area contributed by atoms with Crippen LogP contribution in [0.2, 0.25) is 0 Å². The Morgan fingerprint density at radius 2 is 1.41 bits per heavy atom. The Labute approximate surface area is 191 Å². The van der Waals surface area contributed by atoms with Gasteiger partial charge in [0.2, 0.25) is 5.75 Å². The highest BCUT2D eigenvalue weighted by molar-refractivity contribution is 5.35. The summed E-state index contributed by atoms with van der Waals surface area (Å²) in [7, 11) is 0. The van der Waals surface area contributed by atoms with Gasteiger partial charge in [-0.25, -0.2) is 8.78 Å². The third-order valence-electron chi connectivity index (χ3n) is 6.66. The molecular weight excluding hydrogens is 477 g/mol. The van der Waals surface area contributed by atoms with Gasteiger partial charge in [0.25, 0.3) is 5.97 Å². The van der Waals surface area contributed by atoms with Crippen molar-refractivity contribution in [3.8, 4) is 11.5 Å². The van der Waals surface area contributed by atoms with Gasteiger partial charge in [-0.2, -0.15) is 8.78 Å². The average molecular weight is 502 g/mol. The van der Waals surface area contributed by atoms with Crippen LogP contribution in [0.1, 0.15) is 45.4 Å². The Morgan fingerprint density at radius 3 is 1.88 bits per heavy atom. The van der Waals surface area contributed by atoms with Gasteiger partial charge >= 0.3 is 12.5 Å². The van der Waals surface area contributed by atoms with E-state index in [0.717, 1.165) is 12.8 Å². The first-order valence-electron chi connectivity index (χ1n) is 11.1. The molecule has 0 aromatic heterocycles. The summed E-state index contributed by atoms with van der Waals surface area (Å²) in [6.07, 6.45) is -6.76. The molecule has 3 aliphatic heterocycles. The lowest BCUT2D eigenvalue weighted by molar-refractivity contribution is -0.489. The van der Waals surface area contributed by atoms with Crippen molar-refractivity contribution in [2.24, 2.45) is 17.3 Å². The molecule has 3 heterocycles. The zero-order valence-corrected chi connectivity index (χ0v) is 18.4. The summed E-state index contributed by atoms with van der Waals surface area (Å²) in [4.78, 5) is 0. The average Bonchev–Trinajstić information content (AvgIpc) is 2.77. The molecule has 4 aliphatic rings. The van der Waals surface area contributed by atoms with Gasteiger partial charge in [-0.1, -0.05) is 13.3 Å². The summed E-state index contributed by atoms with van der Waals surface area (Å²) in [5, 5.41) is 0. The zero-order chi connectivity index (χ0) is 24.8. The lowest BCUT2D eigenvalue weighted by Crippen LogP contribution is -2.63. The molecule has 0 atom stereocenters. The van der Waals surface area contributed by atoms with Gasteiger partial charge in [-0.15, -0.1) is 13.2 Å². The normalized spacial score (nSPS) is 32.0. The van der Waals surface area contributed by atoms with E-state index in [1.54, 1.807) is 0 Å². The molecule has 0 amide bonds. The number of hydrogen-bond donors (Lipinski definition) is 0. The molecule has 12 heteroatoms. The Balaban J connectivity index is 1.36. The lowest BCUT2D eigenvalue weighted by Gasteiger charge is -2.55. The van der Waals surface area contributed by atoms with Gasteiger partial charge in [0.05, 0.1) is 25.7 Å². The van der Waals surface area contributed by atoms with Crippen LogP contribution >= 0.6 is 0 Å². The Kier molecular flexibility index (Phi) is 6.71. The highest BCUT2D eigenvalue weighted by Crippen LogP contribution is 2.50. The Bertz CT molecular complexity index is 835. The van der Waals surface area contributed by atoms with E-state index in [9.17, 15) is 30.7 Å². The van der Waals surface area contributed by atoms with Crippen molar-refractivity contribution in [2.75, 3.05) is 19.8 Å². The molecule has 0 N–H and O–H groups in total. The molecule has 1 aromatic rings. The fourth-order valence-electron chi connectivity index (χ4n) is 4.94. The molecule has 0 radical (unpaired) electrons. The van der Waals surface area contributed by atoms with Gasteiger partial charge < -0.3 is 23.7 Å². The molecule has 34 heavy (non-hydrogen) atoms. The SMILES string of the molecule is CCCC12COC(C3CCC(C(F)(F)Oc4cc(F)c(OC(F)(F)F)c(F)c4)CC3)(OC1)OC2. The topological polar surface area (TPSA) is 46.2 Å². The number of halogens is 7. The summed E-state index contributed by atoms with van der Waals surface area (Å²) in [5.74, 6) is -9.13. The van der Waals surface area contributed by atoms with Gasteiger partial charge in [-0.05, 0) is 32.1 Å². The van der Waals surface area contributed by atoms with E-state index in [4.69, 9.17) is 14.2 Å². The number of benzene rings is 1. The zero-order valence-electron chi connectivity index (χ0n) is 18.4. The van der Waals surface area contributed by atoms with Crippen molar-refractivity contribution in [1.29, 1.82) is 0 Å². The molecule has 5 nitrogen and oxygen atoms in total. The molecule has 2 bridgehead atoms. The van der Waals surface area contributed by atoms with Gasteiger partial charge in [-0.3, -0.25) is 0 Å². The summed E-state index contributed by atoms with van der Waals surface area (Å²) in [6, 6.07) is 0.454. The van der Waals surface area contributed by atoms with Crippen LogP contribution in [0.4, 0.5) is 30.7 Å². The maximum Gasteiger partial charge on any atom is 0.573 e. The fourth-order valence-corrected chi connectivity index (χ4v) is 4.94. The van der Waals surface area contributed by atoms with Crippen molar-refractivity contribution in [2.45, 2.75) is 63.9 Å². The standard InChI is InChI=1S/C22H25F7O5/c1-2-7-19-10-30-21(31-11-19,32-12-19)14-5-3-13(4-6-14)20(25,26)33-15-8-16(23)18(17(24)9-15)34-22(27,28)29/h8-9,13-14H,2-7,10-12H2,1H3. The van der Waals surface area contributed by atoms with Crippen molar-refractivity contribution >= 4 is 0 Å². The summed E-state index contributed by atoms with van der Waals surface area (Å²) in [5.41, 5.74) is -0.181. The van der Waals surface area contributed by atoms with Gasteiger partial charge in [0, 0.05) is 23.5 Å². The first kappa shape index (κ1) is 25.3. The van der Waals surface area contributed by atoms with Crippen molar-refractivity contribution in [1.82, 2.24) is 0 Å². The minimum absolute atomic E-state index is 0.00413. The second kappa shape index (κ2) is 9.02. The second-order valence-corrected chi connectivity index (χ2v) is 9.20. The van der Waals surface area contributed by atoms with Crippen LogP contribution in [-0.2, 0) is 14.2 Å². The molecule has 3 saturated heterocycles. The highest BCUT2D eigenvalue weighted by Gasteiger charge is 2.57. The van der Waals surface area contributed by atoms with E-state index in [0.29, 0.717) is 19.8 Å². The molecule has 1 aliphatic carbocycles. The van der Waals surface area contributed by atoms with Crippen molar-refractivity contribution in [3.05, 3.63) is 23.8 Å². The molecular formula is C22H25F7O5. The number of fused-ring (bicyclic) bond motifs is 3. The lowest BCUT2D eigenvalue weighted by atomic mass is 9.77. The maximum atomic E-state index is 14.7. The second-order valence-electron chi connectivity index (χ2n) is 9.20. The van der Waals surface area contributed by atoms with Crippen LogP contribution in [-0.4, -0.2) is 38.3 Å².